The standard InChI is InChI=1S/C23H16Cl4N2O3/c1-11-19(25)12(2)21(27)22(20(11)26)31-10-18(30)28-16-9-13(7-8-14(16)24)23-29-15-5-3-4-6-17(15)32-23/h3-9H,10H2,1-2H3,(H,28,30). The Balaban J connectivity index is 1.52. The molecule has 0 bridgehead atoms. The quantitative estimate of drug-likeness (QED) is 0.298. The predicted octanol–water partition coefficient (Wildman–Crippen LogP) is 7.74. The third-order valence-electron chi connectivity index (χ3n) is 4.84. The highest BCUT2D eigenvalue weighted by atomic mass is 35.5. The molecule has 1 heterocycles. The van der Waals surface area contributed by atoms with Crippen molar-refractivity contribution in [1.82, 2.24) is 4.98 Å². The SMILES string of the molecule is Cc1c(Cl)c(C)c(Cl)c(OCC(=O)Nc2cc(-c3nc4ccccc4o3)ccc2Cl)c1Cl. The number of para-hydroxylation sites is 2. The van der Waals surface area contributed by atoms with Gasteiger partial charge in [0.2, 0.25) is 5.89 Å². The van der Waals surface area contributed by atoms with Crippen LogP contribution < -0.4 is 10.1 Å². The predicted molar refractivity (Wildman–Crippen MR) is 130 cm³/mol. The Bertz CT molecular complexity index is 1290. The monoisotopic (exact) mass is 508 g/mol. The maximum atomic E-state index is 12.5. The molecule has 164 valence electrons. The van der Waals surface area contributed by atoms with Crippen molar-refractivity contribution in [3.63, 3.8) is 0 Å². The Labute approximate surface area is 204 Å². The molecular weight excluding hydrogens is 494 g/mol. The van der Waals surface area contributed by atoms with E-state index in [2.05, 4.69) is 10.3 Å². The lowest BCUT2D eigenvalue weighted by molar-refractivity contribution is -0.118. The molecule has 0 fully saturated rings. The fourth-order valence-electron chi connectivity index (χ4n) is 3.11. The molecular formula is C23H16Cl4N2O3. The molecule has 9 heteroatoms. The molecule has 1 aromatic heterocycles. The van der Waals surface area contributed by atoms with Crippen molar-refractivity contribution in [3.8, 4) is 17.2 Å². The normalized spacial score (nSPS) is 11.1. The minimum absolute atomic E-state index is 0.203. The third-order valence-corrected chi connectivity index (χ3v) is 6.65. The zero-order valence-electron chi connectivity index (χ0n) is 16.9. The number of rotatable bonds is 5. The molecule has 0 aliphatic heterocycles. The first-order valence-electron chi connectivity index (χ1n) is 9.48. The van der Waals surface area contributed by atoms with Crippen LogP contribution >= 0.6 is 46.4 Å². The molecule has 3 aromatic carbocycles. The molecule has 0 aliphatic carbocycles. The average Bonchev–Trinajstić information content (AvgIpc) is 3.22. The topological polar surface area (TPSA) is 64.4 Å². The van der Waals surface area contributed by atoms with Crippen molar-refractivity contribution in [2.24, 2.45) is 0 Å². The van der Waals surface area contributed by atoms with Gasteiger partial charge < -0.3 is 14.5 Å². The fourth-order valence-corrected chi connectivity index (χ4v) is 4.10. The van der Waals surface area contributed by atoms with Crippen LogP contribution in [0.25, 0.3) is 22.6 Å². The number of anilines is 1. The molecule has 0 spiro atoms. The summed E-state index contributed by atoms with van der Waals surface area (Å²) in [5.74, 6) is 0.175. The van der Waals surface area contributed by atoms with E-state index in [1.54, 1.807) is 32.0 Å². The Morgan fingerprint density at radius 1 is 1.00 bits per heavy atom. The van der Waals surface area contributed by atoms with Gasteiger partial charge in [0.05, 0.1) is 20.8 Å². The third kappa shape index (κ3) is 4.39. The van der Waals surface area contributed by atoms with Gasteiger partial charge in [-0.1, -0.05) is 58.5 Å². The lowest BCUT2D eigenvalue weighted by atomic mass is 10.1. The number of carbonyl (C=O) groups is 1. The summed E-state index contributed by atoms with van der Waals surface area (Å²) >= 11 is 25.1. The smallest absolute Gasteiger partial charge is 0.262 e. The first-order valence-corrected chi connectivity index (χ1v) is 11.0. The van der Waals surface area contributed by atoms with Gasteiger partial charge in [-0.05, 0) is 55.3 Å². The van der Waals surface area contributed by atoms with Gasteiger partial charge in [0.15, 0.2) is 17.9 Å². The highest BCUT2D eigenvalue weighted by Gasteiger charge is 2.19. The molecule has 0 unspecified atom stereocenters. The second-order valence-electron chi connectivity index (χ2n) is 7.04. The van der Waals surface area contributed by atoms with Crippen LogP contribution in [0.1, 0.15) is 11.1 Å². The number of carbonyl (C=O) groups excluding carboxylic acids is 1. The summed E-state index contributed by atoms with van der Waals surface area (Å²) < 4.78 is 11.4. The number of nitrogens with zero attached hydrogens (tertiary/aromatic N) is 1. The maximum Gasteiger partial charge on any atom is 0.262 e. The van der Waals surface area contributed by atoms with Crippen LogP contribution in [-0.2, 0) is 4.79 Å². The van der Waals surface area contributed by atoms with Gasteiger partial charge in [0, 0.05) is 10.6 Å². The van der Waals surface area contributed by atoms with E-state index in [1.807, 2.05) is 24.3 Å². The largest absolute Gasteiger partial charge is 0.481 e. The Morgan fingerprint density at radius 3 is 2.38 bits per heavy atom. The van der Waals surface area contributed by atoms with Gasteiger partial charge in [-0.15, -0.1) is 0 Å². The van der Waals surface area contributed by atoms with Gasteiger partial charge in [-0.3, -0.25) is 4.79 Å². The molecule has 32 heavy (non-hydrogen) atoms. The van der Waals surface area contributed by atoms with Crippen LogP contribution in [0.2, 0.25) is 20.1 Å². The van der Waals surface area contributed by atoms with Gasteiger partial charge >= 0.3 is 0 Å². The first kappa shape index (κ1) is 22.7. The number of ether oxygens (including phenoxy) is 1. The molecule has 1 amide bonds. The van der Waals surface area contributed by atoms with Crippen molar-refractivity contribution in [2.45, 2.75) is 13.8 Å². The molecule has 1 N–H and O–H groups in total. The number of benzene rings is 3. The molecule has 0 saturated carbocycles. The van der Waals surface area contributed by atoms with Gasteiger partial charge in [-0.25, -0.2) is 4.98 Å². The van der Waals surface area contributed by atoms with Gasteiger partial charge in [-0.2, -0.15) is 0 Å². The summed E-state index contributed by atoms with van der Waals surface area (Å²) in [7, 11) is 0. The minimum Gasteiger partial charge on any atom is -0.481 e. The summed E-state index contributed by atoms with van der Waals surface area (Å²) in [6, 6.07) is 12.5. The number of oxazole rings is 1. The molecule has 0 atom stereocenters. The first-order chi connectivity index (χ1) is 15.3. The highest BCUT2D eigenvalue weighted by Crippen LogP contribution is 2.42. The van der Waals surface area contributed by atoms with Gasteiger partial charge in [0.25, 0.3) is 5.91 Å². The van der Waals surface area contributed by atoms with E-state index in [9.17, 15) is 4.79 Å². The maximum absolute atomic E-state index is 12.5. The van der Waals surface area contributed by atoms with Crippen LogP contribution in [-0.4, -0.2) is 17.5 Å². The Kier molecular flexibility index (Phi) is 6.54. The molecule has 4 rings (SSSR count). The van der Waals surface area contributed by atoms with E-state index in [0.717, 1.165) is 5.52 Å². The molecule has 0 saturated heterocycles. The highest BCUT2D eigenvalue weighted by molar-refractivity contribution is 6.42. The summed E-state index contributed by atoms with van der Waals surface area (Å²) in [6.07, 6.45) is 0. The number of hydrogen-bond donors (Lipinski definition) is 1. The van der Waals surface area contributed by atoms with Crippen LogP contribution in [0.15, 0.2) is 46.9 Å². The minimum atomic E-state index is -0.445. The number of hydrogen-bond acceptors (Lipinski definition) is 4. The Morgan fingerprint density at radius 2 is 1.69 bits per heavy atom. The second-order valence-corrected chi connectivity index (χ2v) is 8.58. The zero-order chi connectivity index (χ0) is 23.0. The van der Waals surface area contributed by atoms with Crippen molar-refractivity contribution in [2.75, 3.05) is 11.9 Å². The van der Waals surface area contributed by atoms with Crippen LogP contribution in [0.5, 0.6) is 5.75 Å². The van der Waals surface area contributed by atoms with Crippen LogP contribution in [0, 0.1) is 13.8 Å². The molecule has 4 aromatic rings. The van der Waals surface area contributed by atoms with Crippen molar-refractivity contribution in [3.05, 3.63) is 73.7 Å². The van der Waals surface area contributed by atoms with E-state index in [1.165, 1.54) is 0 Å². The number of fused-ring (bicyclic) bond motifs is 1. The summed E-state index contributed by atoms with van der Waals surface area (Å²) in [5.41, 5.74) is 3.70. The number of aromatic nitrogens is 1. The zero-order valence-corrected chi connectivity index (χ0v) is 20.0. The van der Waals surface area contributed by atoms with Crippen LogP contribution in [0.3, 0.4) is 0 Å². The second kappa shape index (κ2) is 9.20. The number of halogens is 4. The van der Waals surface area contributed by atoms with Crippen molar-refractivity contribution < 1.29 is 13.9 Å². The van der Waals surface area contributed by atoms with E-state index in [-0.39, 0.29) is 22.4 Å². The van der Waals surface area contributed by atoms with E-state index in [0.29, 0.717) is 43.9 Å². The Hall–Kier alpha value is -2.44. The summed E-state index contributed by atoms with van der Waals surface area (Å²) in [4.78, 5) is 17.0. The number of amides is 1. The lowest BCUT2D eigenvalue weighted by Crippen LogP contribution is -2.20. The van der Waals surface area contributed by atoms with E-state index < -0.39 is 5.91 Å². The fraction of sp³-hybridized carbons (Fsp3) is 0.130. The number of nitrogens with one attached hydrogen (secondary N) is 1. The van der Waals surface area contributed by atoms with Crippen molar-refractivity contribution >= 4 is 69.1 Å². The summed E-state index contributed by atoms with van der Waals surface area (Å²) in [5, 5.41) is 4.06. The van der Waals surface area contributed by atoms with Crippen molar-refractivity contribution in [1.29, 1.82) is 0 Å². The molecule has 0 radical (unpaired) electrons. The van der Waals surface area contributed by atoms with Crippen LogP contribution in [0.4, 0.5) is 5.69 Å². The lowest BCUT2D eigenvalue weighted by Gasteiger charge is -2.15. The molecule has 5 nitrogen and oxygen atoms in total. The molecule has 0 aliphatic rings. The van der Waals surface area contributed by atoms with E-state index in [4.69, 9.17) is 55.6 Å². The van der Waals surface area contributed by atoms with Gasteiger partial charge in [0.1, 0.15) is 5.52 Å². The summed E-state index contributed by atoms with van der Waals surface area (Å²) in [6.45, 7) is 3.17. The average molecular weight is 510 g/mol. The van der Waals surface area contributed by atoms with E-state index >= 15 is 0 Å².